The van der Waals surface area contributed by atoms with Crippen molar-refractivity contribution in [2.75, 3.05) is 25.0 Å². The second-order valence-corrected chi connectivity index (χ2v) is 4.37. The second-order valence-electron chi connectivity index (χ2n) is 4.37. The Bertz CT molecular complexity index is 463. The van der Waals surface area contributed by atoms with Crippen molar-refractivity contribution >= 4 is 11.7 Å². The first-order valence-corrected chi connectivity index (χ1v) is 5.99. The summed E-state index contributed by atoms with van der Waals surface area (Å²) in [6.07, 6.45) is 0. The number of urea groups is 1. The molecule has 0 unspecified atom stereocenters. The van der Waals surface area contributed by atoms with Gasteiger partial charge in [0.05, 0.1) is 11.6 Å². The van der Waals surface area contributed by atoms with Crippen LogP contribution >= 0.6 is 0 Å². The standard InChI is InChI=1S/C13H16N4O/c1-10-9-15-6-7-17(10)13(18)16-12-4-2-11(8-14)3-5-12/h2-5,10,15H,6-7,9H2,1H3,(H,16,18)/t10-/m1/s1. The monoisotopic (exact) mass is 244 g/mol. The van der Waals surface area contributed by atoms with Gasteiger partial charge in [-0.25, -0.2) is 4.79 Å². The average Bonchev–Trinajstić information content (AvgIpc) is 2.40. The SMILES string of the molecule is C[C@@H]1CNCCN1C(=O)Nc1ccc(C#N)cc1. The number of carbonyl (C=O) groups excluding carboxylic acids is 1. The van der Waals surface area contributed by atoms with E-state index in [0.29, 0.717) is 17.8 Å². The minimum Gasteiger partial charge on any atom is -0.319 e. The fourth-order valence-corrected chi connectivity index (χ4v) is 1.97. The number of amides is 2. The highest BCUT2D eigenvalue weighted by Gasteiger charge is 2.22. The molecule has 5 nitrogen and oxygen atoms in total. The highest BCUT2D eigenvalue weighted by Crippen LogP contribution is 2.11. The summed E-state index contributed by atoms with van der Waals surface area (Å²) >= 11 is 0. The van der Waals surface area contributed by atoms with Crippen molar-refractivity contribution in [2.45, 2.75) is 13.0 Å². The predicted molar refractivity (Wildman–Crippen MR) is 69.2 cm³/mol. The summed E-state index contributed by atoms with van der Waals surface area (Å²) in [5.74, 6) is 0. The van der Waals surface area contributed by atoms with Gasteiger partial charge >= 0.3 is 6.03 Å². The maximum absolute atomic E-state index is 12.1. The summed E-state index contributed by atoms with van der Waals surface area (Å²) in [6, 6.07) is 9.01. The number of nitrogens with zero attached hydrogens (tertiary/aromatic N) is 2. The molecule has 1 aliphatic heterocycles. The molecule has 0 bridgehead atoms. The molecule has 1 aromatic carbocycles. The van der Waals surface area contributed by atoms with Crippen LogP contribution in [-0.4, -0.2) is 36.6 Å². The Kier molecular flexibility index (Phi) is 3.80. The van der Waals surface area contributed by atoms with Crippen molar-refractivity contribution in [3.05, 3.63) is 29.8 Å². The van der Waals surface area contributed by atoms with Gasteiger partial charge in [0.2, 0.25) is 0 Å². The zero-order valence-electron chi connectivity index (χ0n) is 10.3. The summed E-state index contributed by atoms with van der Waals surface area (Å²) in [5.41, 5.74) is 1.30. The molecule has 2 rings (SSSR count). The van der Waals surface area contributed by atoms with Gasteiger partial charge in [0, 0.05) is 31.4 Å². The molecule has 0 radical (unpaired) electrons. The molecule has 0 saturated carbocycles. The Morgan fingerprint density at radius 1 is 1.50 bits per heavy atom. The fraction of sp³-hybridized carbons (Fsp3) is 0.385. The number of piperazine rings is 1. The number of nitriles is 1. The van der Waals surface area contributed by atoms with Gasteiger partial charge in [-0.05, 0) is 31.2 Å². The lowest BCUT2D eigenvalue weighted by Crippen LogP contribution is -2.53. The molecule has 1 fully saturated rings. The maximum Gasteiger partial charge on any atom is 0.322 e. The summed E-state index contributed by atoms with van der Waals surface area (Å²) < 4.78 is 0. The predicted octanol–water partition coefficient (Wildman–Crippen LogP) is 1.38. The Morgan fingerprint density at radius 3 is 2.83 bits per heavy atom. The summed E-state index contributed by atoms with van der Waals surface area (Å²) in [6.45, 7) is 4.37. The van der Waals surface area contributed by atoms with Gasteiger partial charge < -0.3 is 15.5 Å². The first-order valence-electron chi connectivity index (χ1n) is 5.99. The topological polar surface area (TPSA) is 68.2 Å². The Balaban J connectivity index is 1.99. The van der Waals surface area contributed by atoms with Gasteiger partial charge in [-0.1, -0.05) is 0 Å². The molecule has 1 aliphatic rings. The van der Waals surface area contributed by atoms with Crippen LogP contribution in [0.4, 0.5) is 10.5 Å². The second kappa shape index (κ2) is 5.52. The van der Waals surface area contributed by atoms with Crippen LogP contribution in [-0.2, 0) is 0 Å². The zero-order chi connectivity index (χ0) is 13.0. The van der Waals surface area contributed by atoms with Crippen LogP contribution in [0.25, 0.3) is 0 Å². The smallest absolute Gasteiger partial charge is 0.319 e. The van der Waals surface area contributed by atoms with Gasteiger partial charge in [0.15, 0.2) is 0 Å². The van der Waals surface area contributed by atoms with Crippen LogP contribution in [0.2, 0.25) is 0 Å². The largest absolute Gasteiger partial charge is 0.322 e. The Labute approximate surface area is 106 Å². The van der Waals surface area contributed by atoms with Gasteiger partial charge in [-0.3, -0.25) is 0 Å². The molecule has 1 heterocycles. The van der Waals surface area contributed by atoms with Crippen LogP contribution in [0.5, 0.6) is 0 Å². The molecule has 1 aromatic rings. The third kappa shape index (κ3) is 2.79. The van der Waals surface area contributed by atoms with E-state index >= 15 is 0 Å². The van der Waals surface area contributed by atoms with Crippen LogP contribution in [0.1, 0.15) is 12.5 Å². The van der Waals surface area contributed by atoms with Crippen molar-refractivity contribution in [3.63, 3.8) is 0 Å². The lowest BCUT2D eigenvalue weighted by Gasteiger charge is -2.33. The molecular formula is C13H16N4O. The van der Waals surface area contributed by atoms with Crippen LogP contribution in [0.15, 0.2) is 24.3 Å². The van der Waals surface area contributed by atoms with E-state index in [2.05, 4.69) is 10.6 Å². The van der Waals surface area contributed by atoms with Crippen LogP contribution in [0, 0.1) is 11.3 Å². The van der Waals surface area contributed by atoms with Gasteiger partial charge in [0.25, 0.3) is 0 Å². The van der Waals surface area contributed by atoms with Crippen molar-refractivity contribution in [3.8, 4) is 6.07 Å². The van der Waals surface area contributed by atoms with E-state index in [9.17, 15) is 4.79 Å². The molecular weight excluding hydrogens is 228 g/mol. The highest BCUT2D eigenvalue weighted by atomic mass is 16.2. The first-order chi connectivity index (χ1) is 8.70. The number of nitrogens with one attached hydrogen (secondary N) is 2. The molecule has 2 N–H and O–H groups in total. The number of carbonyl (C=O) groups is 1. The van der Waals surface area contributed by atoms with E-state index in [0.717, 1.165) is 13.1 Å². The molecule has 2 amide bonds. The average molecular weight is 244 g/mol. The molecule has 0 aliphatic carbocycles. The Hall–Kier alpha value is -2.06. The molecule has 1 saturated heterocycles. The first kappa shape index (κ1) is 12.4. The molecule has 94 valence electrons. The van der Waals surface area contributed by atoms with Crippen molar-refractivity contribution in [1.82, 2.24) is 10.2 Å². The summed E-state index contributed by atoms with van der Waals surface area (Å²) in [7, 11) is 0. The minimum atomic E-state index is -0.0892. The van der Waals surface area contributed by atoms with E-state index in [1.807, 2.05) is 17.9 Å². The number of hydrogen-bond acceptors (Lipinski definition) is 3. The van der Waals surface area contributed by atoms with Crippen molar-refractivity contribution in [2.24, 2.45) is 0 Å². The zero-order valence-corrected chi connectivity index (χ0v) is 10.3. The van der Waals surface area contributed by atoms with Crippen LogP contribution in [0.3, 0.4) is 0 Å². The summed E-state index contributed by atoms with van der Waals surface area (Å²) in [5, 5.41) is 14.8. The lowest BCUT2D eigenvalue weighted by molar-refractivity contribution is 0.177. The molecule has 18 heavy (non-hydrogen) atoms. The third-order valence-electron chi connectivity index (χ3n) is 3.03. The van der Waals surface area contributed by atoms with Crippen molar-refractivity contribution in [1.29, 1.82) is 5.26 Å². The number of hydrogen-bond donors (Lipinski definition) is 2. The van der Waals surface area contributed by atoms with E-state index in [-0.39, 0.29) is 12.1 Å². The number of rotatable bonds is 1. The van der Waals surface area contributed by atoms with Gasteiger partial charge in [-0.2, -0.15) is 5.26 Å². The third-order valence-corrected chi connectivity index (χ3v) is 3.03. The summed E-state index contributed by atoms with van der Waals surface area (Å²) in [4.78, 5) is 13.9. The quantitative estimate of drug-likeness (QED) is 0.784. The molecule has 1 atom stereocenters. The van der Waals surface area contributed by atoms with E-state index < -0.39 is 0 Å². The van der Waals surface area contributed by atoms with Gasteiger partial charge in [0.1, 0.15) is 0 Å². The molecule has 5 heteroatoms. The lowest BCUT2D eigenvalue weighted by atomic mass is 10.2. The Morgan fingerprint density at radius 2 is 2.22 bits per heavy atom. The van der Waals surface area contributed by atoms with E-state index in [4.69, 9.17) is 5.26 Å². The number of anilines is 1. The fourth-order valence-electron chi connectivity index (χ4n) is 1.97. The van der Waals surface area contributed by atoms with Crippen molar-refractivity contribution < 1.29 is 4.79 Å². The highest BCUT2D eigenvalue weighted by molar-refractivity contribution is 5.89. The van der Waals surface area contributed by atoms with Crippen LogP contribution < -0.4 is 10.6 Å². The maximum atomic E-state index is 12.1. The molecule has 0 aromatic heterocycles. The van der Waals surface area contributed by atoms with Gasteiger partial charge in [-0.15, -0.1) is 0 Å². The van der Waals surface area contributed by atoms with E-state index in [1.165, 1.54) is 0 Å². The minimum absolute atomic E-state index is 0.0892. The number of benzene rings is 1. The van der Waals surface area contributed by atoms with E-state index in [1.54, 1.807) is 24.3 Å². The normalized spacial score (nSPS) is 19.1. The molecule has 0 spiro atoms.